The van der Waals surface area contributed by atoms with E-state index in [2.05, 4.69) is 26.4 Å². The molecule has 2 N–H and O–H groups in total. The number of hydrogen-bond acceptors (Lipinski definition) is 8. The van der Waals surface area contributed by atoms with Crippen molar-refractivity contribution in [3.63, 3.8) is 0 Å². The second-order valence-electron chi connectivity index (χ2n) is 10.6. The summed E-state index contributed by atoms with van der Waals surface area (Å²) in [6, 6.07) is 14.6. The minimum absolute atomic E-state index is 0.134. The molecule has 2 bridgehead atoms. The van der Waals surface area contributed by atoms with Gasteiger partial charge in [-0.1, -0.05) is 6.07 Å². The van der Waals surface area contributed by atoms with E-state index in [-0.39, 0.29) is 6.61 Å². The van der Waals surface area contributed by atoms with Crippen LogP contribution in [0, 0.1) is 23.2 Å². The zero-order chi connectivity index (χ0) is 25.6. The molecule has 6 heterocycles. The van der Waals surface area contributed by atoms with Crippen molar-refractivity contribution in [2.24, 2.45) is 11.8 Å². The van der Waals surface area contributed by atoms with E-state index >= 15 is 0 Å². The smallest absolute Gasteiger partial charge is 0.138 e. The molecule has 0 radical (unpaired) electrons. The van der Waals surface area contributed by atoms with E-state index in [1.165, 1.54) is 6.42 Å². The summed E-state index contributed by atoms with van der Waals surface area (Å²) in [6.07, 6.45) is 8.18. The molecule has 37 heavy (non-hydrogen) atoms. The molecule has 0 amide bonds. The van der Waals surface area contributed by atoms with Crippen molar-refractivity contribution in [2.75, 3.05) is 29.9 Å². The molecule has 188 valence electrons. The van der Waals surface area contributed by atoms with Crippen LogP contribution in [0.2, 0.25) is 0 Å². The van der Waals surface area contributed by atoms with E-state index in [9.17, 15) is 10.4 Å². The Kier molecular flexibility index (Phi) is 5.69. The van der Waals surface area contributed by atoms with Crippen LogP contribution in [-0.2, 0) is 0 Å². The molecule has 3 fully saturated rings. The summed E-state index contributed by atoms with van der Waals surface area (Å²) in [6.45, 7) is 5.43. The van der Waals surface area contributed by atoms with Gasteiger partial charge in [0.1, 0.15) is 30.1 Å². The predicted octanol–water partition coefficient (Wildman–Crippen LogP) is 3.75. The van der Waals surface area contributed by atoms with E-state index in [1.807, 2.05) is 48.8 Å². The fourth-order valence-electron chi connectivity index (χ4n) is 5.40. The molecular weight excluding hydrogens is 466 g/mol. The van der Waals surface area contributed by atoms with Crippen molar-refractivity contribution in [3.05, 3.63) is 66.7 Å². The van der Waals surface area contributed by atoms with Crippen LogP contribution >= 0.6 is 0 Å². The molecule has 0 aromatic carbocycles. The van der Waals surface area contributed by atoms with Crippen molar-refractivity contribution in [3.8, 4) is 22.9 Å². The third-order valence-corrected chi connectivity index (χ3v) is 7.19. The van der Waals surface area contributed by atoms with Crippen molar-refractivity contribution in [2.45, 2.75) is 31.9 Å². The first-order valence-electron chi connectivity index (χ1n) is 12.5. The minimum Gasteiger partial charge on any atom is -0.489 e. The van der Waals surface area contributed by atoms with Crippen molar-refractivity contribution >= 4 is 17.2 Å². The van der Waals surface area contributed by atoms with Gasteiger partial charge in [0.15, 0.2) is 0 Å². The van der Waals surface area contributed by atoms with Gasteiger partial charge >= 0.3 is 0 Å². The normalized spacial score (nSPS) is 20.8. The molecule has 1 saturated carbocycles. The number of piperidine rings is 2. The van der Waals surface area contributed by atoms with Gasteiger partial charge in [0, 0.05) is 42.7 Å². The Hall–Kier alpha value is -4.16. The number of nitriles is 1. The number of aliphatic hydroxyl groups is 1. The highest BCUT2D eigenvalue weighted by Crippen LogP contribution is 2.43. The van der Waals surface area contributed by atoms with Crippen LogP contribution < -0.4 is 15.0 Å². The molecular formula is C28H29N7O2. The first-order chi connectivity index (χ1) is 17.9. The summed E-state index contributed by atoms with van der Waals surface area (Å²) in [5.74, 6) is 3.58. The van der Waals surface area contributed by atoms with Crippen LogP contribution in [0.4, 0.5) is 11.6 Å². The maximum Gasteiger partial charge on any atom is 0.138 e. The van der Waals surface area contributed by atoms with Crippen molar-refractivity contribution < 1.29 is 9.84 Å². The highest BCUT2D eigenvalue weighted by Gasteiger charge is 2.47. The van der Waals surface area contributed by atoms with Gasteiger partial charge in [-0.25, -0.2) is 14.5 Å². The Labute approximate surface area is 215 Å². The Balaban J connectivity index is 1.22. The van der Waals surface area contributed by atoms with Crippen LogP contribution in [0.25, 0.3) is 16.6 Å². The first-order valence-corrected chi connectivity index (χ1v) is 12.5. The van der Waals surface area contributed by atoms with Crippen molar-refractivity contribution in [1.29, 1.82) is 5.26 Å². The van der Waals surface area contributed by atoms with Crippen molar-refractivity contribution in [1.82, 2.24) is 19.6 Å². The Bertz CT molecular complexity index is 1440. The maximum atomic E-state index is 10.1. The molecule has 4 aromatic rings. The van der Waals surface area contributed by atoms with Crippen LogP contribution in [0.5, 0.6) is 5.75 Å². The van der Waals surface area contributed by atoms with Crippen LogP contribution in [0.1, 0.15) is 25.8 Å². The number of hydrogen-bond donors (Lipinski definition) is 2. The molecule has 2 saturated heterocycles. The third-order valence-electron chi connectivity index (χ3n) is 7.19. The van der Waals surface area contributed by atoms with Crippen LogP contribution in [-0.4, -0.2) is 56.0 Å². The zero-order valence-corrected chi connectivity index (χ0v) is 20.9. The molecule has 0 spiro atoms. The van der Waals surface area contributed by atoms with Crippen LogP contribution in [0.15, 0.2) is 61.2 Å². The molecule has 2 atom stereocenters. The Morgan fingerprint density at radius 1 is 1.16 bits per heavy atom. The van der Waals surface area contributed by atoms with Crippen LogP contribution in [0.3, 0.4) is 0 Å². The van der Waals surface area contributed by atoms with E-state index in [4.69, 9.17) is 9.72 Å². The average Bonchev–Trinajstić information content (AvgIpc) is 3.33. The fraction of sp³-hybridized carbons (Fsp3) is 0.357. The lowest BCUT2D eigenvalue weighted by Crippen LogP contribution is -2.61. The quantitative estimate of drug-likeness (QED) is 0.399. The molecule has 1 aliphatic carbocycles. The summed E-state index contributed by atoms with van der Waals surface area (Å²) >= 11 is 0. The standard InChI is InChI=1S/C28H29N7O2/c1-28(2,36)17-37-22-10-23(27-21(11-29)13-32-35(27)16-22)18-6-7-25(31-12-18)34-14-19-9-20(15-34)26(19)33-24-5-3-4-8-30-24/h3-8,10,12-13,16,19-20,26,36H,9,14-15,17H2,1-2H3,(H,30,33). The second-order valence-corrected chi connectivity index (χ2v) is 10.6. The lowest BCUT2D eigenvalue weighted by Gasteiger charge is -2.54. The summed E-state index contributed by atoms with van der Waals surface area (Å²) in [7, 11) is 0. The van der Waals surface area contributed by atoms with Gasteiger partial charge in [-0.2, -0.15) is 10.4 Å². The van der Waals surface area contributed by atoms with Gasteiger partial charge in [-0.05, 0) is 62.4 Å². The number of ether oxygens (including phenoxy) is 1. The highest BCUT2D eigenvalue weighted by molar-refractivity contribution is 5.85. The number of nitrogens with one attached hydrogen (secondary N) is 1. The van der Waals surface area contributed by atoms with Gasteiger partial charge in [-0.15, -0.1) is 0 Å². The Morgan fingerprint density at radius 3 is 2.68 bits per heavy atom. The molecule has 2 unspecified atom stereocenters. The number of aromatic nitrogens is 4. The lowest BCUT2D eigenvalue weighted by atomic mass is 9.66. The topological polar surface area (TPSA) is 112 Å². The number of rotatable bonds is 7. The van der Waals surface area contributed by atoms with E-state index < -0.39 is 5.60 Å². The van der Waals surface area contributed by atoms with Gasteiger partial charge in [0.25, 0.3) is 0 Å². The number of nitrogens with zero attached hydrogens (tertiary/aromatic N) is 6. The van der Waals surface area contributed by atoms with E-state index in [0.29, 0.717) is 34.7 Å². The highest BCUT2D eigenvalue weighted by atomic mass is 16.5. The summed E-state index contributed by atoms with van der Waals surface area (Å²) in [4.78, 5) is 11.6. The summed E-state index contributed by atoms with van der Waals surface area (Å²) < 4.78 is 7.49. The van der Waals surface area contributed by atoms with Gasteiger partial charge in [0.2, 0.25) is 0 Å². The fourth-order valence-corrected chi connectivity index (χ4v) is 5.40. The average molecular weight is 496 g/mol. The summed E-state index contributed by atoms with van der Waals surface area (Å²) in [5.41, 5.74) is 1.89. The largest absolute Gasteiger partial charge is 0.489 e. The van der Waals surface area contributed by atoms with Gasteiger partial charge < -0.3 is 20.1 Å². The first kappa shape index (κ1) is 23.3. The second kappa shape index (κ2) is 9.05. The predicted molar refractivity (Wildman–Crippen MR) is 140 cm³/mol. The number of pyridine rings is 3. The van der Waals surface area contributed by atoms with E-state index in [0.717, 1.165) is 35.9 Å². The SMILES string of the molecule is CC(C)(O)COc1cc(-c2ccc(N3CC4CC(C3)C4Nc3ccccn3)nc2)c2c(C#N)cnn2c1. The monoisotopic (exact) mass is 495 g/mol. The zero-order valence-electron chi connectivity index (χ0n) is 20.9. The Morgan fingerprint density at radius 2 is 2.00 bits per heavy atom. The number of fused-ring (bicyclic) bond motifs is 3. The lowest BCUT2D eigenvalue weighted by molar-refractivity contribution is 0.0283. The minimum atomic E-state index is -0.971. The van der Waals surface area contributed by atoms with E-state index in [1.54, 1.807) is 30.8 Å². The summed E-state index contributed by atoms with van der Waals surface area (Å²) in [5, 5.41) is 27.7. The molecule has 3 aliphatic rings. The molecule has 4 aromatic heterocycles. The molecule has 2 aliphatic heterocycles. The molecule has 7 rings (SSSR count). The van der Waals surface area contributed by atoms with Gasteiger partial charge in [0.05, 0.1) is 29.1 Å². The molecule has 9 heteroatoms. The third kappa shape index (κ3) is 4.56. The number of anilines is 2. The maximum absolute atomic E-state index is 10.1. The molecule has 9 nitrogen and oxygen atoms in total. The van der Waals surface area contributed by atoms with Gasteiger partial charge in [-0.3, -0.25) is 0 Å².